The number of hydrogen-bond acceptors (Lipinski definition) is 4. The first-order valence-electron chi connectivity index (χ1n) is 10.1. The van der Waals surface area contributed by atoms with Crippen LogP contribution in [0.25, 0.3) is 0 Å². The Bertz CT molecular complexity index is 990. The zero-order chi connectivity index (χ0) is 20.9. The number of carbonyl (C=O) groups excluding carboxylic acids is 2. The second-order valence-electron chi connectivity index (χ2n) is 8.18. The van der Waals surface area contributed by atoms with Crippen LogP contribution in [0.1, 0.15) is 6.42 Å². The molecule has 0 radical (unpaired) electrons. The van der Waals surface area contributed by atoms with Gasteiger partial charge in [-0.05, 0) is 36.8 Å². The summed E-state index contributed by atoms with van der Waals surface area (Å²) in [6, 6.07) is 7.70. The Morgan fingerprint density at radius 3 is 2.90 bits per heavy atom. The van der Waals surface area contributed by atoms with E-state index in [1.807, 2.05) is 29.1 Å². The predicted octanol–water partition coefficient (Wildman–Crippen LogP) is 1.86. The van der Waals surface area contributed by atoms with E-state index in [0.717, 1.165) is 13.0 Å². The van der Waals surface area contributed by atoms with E-state index >= 15 is 0 Å². The Morgan fingerprint density at radius 1 is 1.37 bits per heavy atom. The number of hydrogen-bond donors (Lipinski definition) is 0. The first kappa shape index (κ1) is 19.0. The molecule has 5 rings (SSSR count). The quantitative estimate of drug-likeness (QED) is 0.682. The Kier molecular flexibility index (Phi) is 4.47. The molecule has 0 aliphatic carbocycles. The third-order valence-corrected chi connectivity index (χ3v) is 6.34. The van der Waals surface area contributed by atoms with E-state index in [-0.39, 0.29) is 23.7 Å². The summed E-state index contributed by atoms with van der Waals surface area (Å²) in [7, 11) is 1.77. The van der Waals surface area contributed by atoms with Crippen molar-refractivity contribution in [2.24, 2.45) is 11.8 Å². The summed E-state index contributed by atoms with van der Waals surface area (Å²) in [4.78, 5) is 29.9. The van der Waals surface area contributed by atoms with Gasteiger partial charge in [-0.1, -0.05) is 12.2 Å². The summed E-state index contributed by atoms with van der Waals surface area (Å²) in [5, 5.41) is 4.17. The van der Waals surface area contributed by atoms with Gasteiger partial charge in [0.05, 0.1) is 24.5 Å². The van der Waals surface area contributed by atoms with E-state index < -0.39 is 17.4 Å². The van der Waals surface area contributed by atoms with Crippen LogP contribution in [0.5, 0.6) is 0 Å². The number of rotatable bonds is 6. The van der Waals surface area contributed by atoms with Crippen LogP contribution in [-0.2, 0) is 20.9 Å². The van der Waals surface area contributed by atoms with E-state index in [2.05, 4.69) is 5.10 Å². The van der Waals surface area contributed by atoms with E-state index in [9.17, 15) is 14.0 Å². The summed E-state index contributed by atoms with van der Waals surface area (Å²) in [6.07, 6.45) is 7.83. The number of fused-ring (bicyclic) bond motifs is 1. The molecule has 0 N–H and O–H groups in total. The van der Waals surface area contributed by atoms with Gasteiger partial charge in [0.1, 0.15) is 11.4 Å². The van der Waals surface area contributed by atoms with E-state index in [1.165, 1.54) is 12.1 Å². The molecule has 4 atom stereocenters. The molecule has 3 aliphatic heterocycles. The largest absolute Gasteiger partial charge is 0.360 e. The van der Waals surface area contributed by atoms with Gasteiger partial charge in [0.15, 0.2) is 0 Å². The Morgan fingerprint density at radius 2 is 2.17 bits per heavy atom. The summed E-state index contributed by atoms with van der Waals surface area (Å²) in [5.74, 6) is -1.67. The number of aryl methyl sites for hydroxylation is 1. The number of nitrogens with zero attached hydrogens (tertiary/aromatic N) is 4. The van der Waals surface area contributed by atoms with Crippen molar-refractivity contribution in [1.29, 1.82) is 0 Å². The van der Waals surface area contributed by atoms with Gasteiger partial charge in [0, 0.05) is 38.2 Å². The fourth-order valence-corrected chi connectivity index (χ4v) is 4.89. The number of halogens is 1. The molecule has 0 saturated carbocycles. The van der Waals surface area contributed by atoms with Crippen molar-refractivity contribution in [3.63, 3.8) is 0 Å². The third kappa shape index (κ3) is 2.94. The molecule has 1 aromatic carbocycles. The van der Waals surface area contributed by atoms with Crippen molar-refractivity contribution >= 4 is 17.5 Å². The second kappa shape index (κ2) is 7.05. The van der Waals surface area contributed by atoms with Crippen LogP contribution in [-0.4, -0.2) is 58.3 Å². The molecular formula is C22H23FN4O3. The van der Waals surface area contributed by atoms with Crippen molar-refractivity contribution < 1.29 is 18.7 Å². The molecule has 3 aliphatic rings. The van der Waals surface area contributed by atoms with Crippen molar-refractivity contribution in [2.75, 3.05) is 25.0 Å². The fraction of sp³-hybridized carbons (Fsp3) is 0.409. The summed E-state index contributed by atoms with van der Waals surface area (Å²) >= 11 is 0. The molecule has 8 heteroatoms. The van der Waals surface area contributed by atoms with Crippen LogP contribution in [0.2, 0.25) is 0 Å². The van der Waals surface area contributed by atoms with Crippen molar-refractivity contribution in [2.45, 2.75) is 24.7 Å². The lowest BCUT2D eigenvalue weighted by molar-refractivity contribution is -0.139. The van der Waals surface area contributed by atoms with Crippen molar-refractivity contribution in [3.05, 3.63) is 60.7 Å². The molecule has 2 bridgehead atoms. The van der Waals surface area contributed by atoms with Crippen LogP contribution in [0.3, 0.4) is 0 Å². The number of ether oxygens (including phenoxy) is 1. The number of aromatic nitrogens is 2. The first-order chi connectivity index (χ1) is 14.5. The van der Waals surface area contributed by atoms with Crippen LogP contribution in [0.15, 0.2) is 54.9 Å². The number of benzene rings is 1. The van der Waals surface area contributed by atoms with Crippen LogP contribution >= 0.6 is 0 Å². The predicted molar refractivity (Wildman–Crippen MR) is 107 cm³/mol. The maximum atomic E-state index is 13.3. The summed E-state index contributed by atoms with van der Waals surface area (Å²) in [5.41, 5.74) is -0.170. The summed E-state index contributed by atoms with van der Waals surface area (Å²) in [6.45, 7) is 1.63. The molecule has 2 aromatic rings. The van der Waals surface area contributed by atoms with Crippen molar-refractivity contribution in [3.8, 4) is 0 Å². The standard InChI is InChI=1S/C22H23FN4O3/c1-25(11-3-13-26-12-2-10-24-26)20(28)18-17-8-9-22(30-17)14-27(21(29)19(18)22)16-6-4-15(23)5-7-16/h2,4-10,12,17-19H,3,11,13-14H2,1H3/t17-,18?,19?,22-/m1/s1. The van der Waals surface area contributed by atoms with Crippen LogP contribution < -0.4 is 4.90 Å². The fourth-order valence-electron chi connectivity index (χ4n) is 4.89. The lowest BCUT2D eigenvalue weighted by Crippen LogP contribution is -2.45. The normalized spacial score (nSPS) is 28.9. The van der Waals surface area contributed by atoms with Gasteiger partial charge >= 0.3 is 0 Å². The van der Waals surface area contributed by atoms with Crippen LogP contribution in [0.4, 0.5) is 10.1 Å². The van der Waals surface area contributed by atoms with Gasteiger partial charge < -0.3 is 14.5 Å². The van der Waals surface area contributed by atoms with Gasteiger partial charge in [-0.25, -0.2) is 4.39 Å². The van der Waals surface area contributed by atoms with E-state index in [1.54, 1.807) is 35.2 Å². The highest BCUT2D eigenvalue weighted by Gasteiger charge is 2.67. The molecule has 30 heavy (non-hydrogen) atoms. The molecule has 1 spiro atoms. The molecular weight excluding hydrogens is 387 g/mol. The lowest BCUT2D eigenvalue weighted by Gasteiger charge is -2.27. The van der Waals surface area contributed by atoms with Crippen LogP contribution in [0, 0.1) is 17.7 Å². The second-order valence-corrected chi connectivity index (χ2v) is 8.18. The lowest BCUT2D eigenvalue weighted by atomic mass is 9.76. The van der Waals surface area contributed by atoms with Gasteiger partial charge in [-0.15, -0.1) is 0 Å². The molecule has 2 amide bonds. The maximum absolute atomic E-state index is 13.3. The third-order valence-electron chi connectivity index (χ3n) is 6.34. The van der Waals surface area contributed by atoms with E-state index in [0.29, 0.717) is 18.8 Å². The molecule has 2 unspecified atom stereocenters. The highest BCUT2D eigenvalue weighted by molar-refractivity contribution is 6.03. The molecule has 4 heterocycles. The van der Waals surface area contributed by atoms with E-state index in [4.69, 9.17) is 4.74 Å². The minimum Gasteiger partial charge on any atom is -0.360 e. The van der Waals surface area contributed by atoms with Gasteiger partial charge in [-0.2, -0.15) is 5.10 Å². The summed E-state index contributed by atoms with van der Waals surface area (Å²) < 4.78 is 21.3. The zero-order valence-corrected chi connectivity index (χ0v) is 16.6. The monoisotopic (exact) mass is 410 g/mol. The highest BCUT2D eigenvalue weighted by atomic mass is 19.1. The molecule has 1 aromatic heterocycles. The Labute approximate surface area is 173 Å². The number of anilines is 1. The minimum atomic E-state index is -0.785. The number of carbonyl (C=O) groups is 2. The molecule has 2 saturated heterocycles. The van der Waals surface area contributed by atoms with Gasteiger partial charge in [0.25, 0.3) is 0 Å². The number of amides is 2. The van der Waals surface area contributed by atoms with Crippen molar-refractivity contribution in [1.82, 2.24) is 14.7 Å². The van der Waals surface area contributed by atoms with Gasteiger partial charge in [0.2, 0.25) is 11.8 Å². The Hall–Kier alpha value is -3.00. The topological polar surface area (TPSA) is 67.7 Å². The Balaban J connectivity index is 1.31. The minimum absolute atomic E-state index is 0.0778. The maximum Gasteiger partial charge on any atom is 0.234 e. The smallest absolute Gasteiger partial charge is 0.234 e. The molecule has 156 valence electrons. The highest BCUT2D eigenvalue weighted by Crippen LogP contribution is 2.53. The zero-order valence-electron chi connectivity index (χ0n) is 16.6. The van der Waals surface area contributed by atoms with Gasteiger partial charge in [-0.3, -0.25) is 14.3 Å². The average molecular weight is 410 g/mol. The average Bonchev–Trinajstić information content (AvgIpc) is 3.50. The first-order valence-corrected chi connectivity index (χ1v) is 10.1. The SMILES string of the molecule is CN(CCCn1cccn1)C(=O)C1C2C(=O)N(c3ccc(F)cc3)C[C@]23C=C[C@H]1O3. The molecule has 2 fully saturated rings. The molecule has 7 nitrogen and oxygen atoms in total.